The van der Waals surface area contributed by atoms with Gasteiger partial charge in [0.15, 0.2) is 17.1 Å². The number of carbonyl (C=O) groups excluding carboxylic acids is 1. The standard InChI is InChI=1S/C30H34N6O3S/c1-17(2)39-30-21(25(30)37)13-14-29(30,38)35-26-24(27-33-22-11-6-7-12-23(22)40-27)18(3)32-28(34-26)31-16-19-9-8-10-20(15-19)36(4)5/h6-12,15,17,21,38H,13-14,16H2,1-5H3,(H2,31,32,34,35). The highest BCUT2D eigenvalue weighted by molar-refractivity contribution is 7.21. The summed E-state index contributed by atoms with van der Waals surface area (Å²) in [6, 6.07) is 16.2. The zero-order valence-corrected chi connectivity index (χ0v) is 24.2. The Morgan fingerprint density at radius 1 is 1.15 bits per heavy atom. The van der Waals surface area contributed by atoms with Crippen molar-refractivity contribution in [3.05, 3.63) is 59.8 Å². The van der Waals surface area contributed by atoms with E-state index in [-0.39, 0.29) is 17.8 Å². The van der Waals surface area contributed by atoms with E-state index in [2.05, 4.69) is 33.7 Å². The molecule has 2 aliphatic carbocycles. The van der Waals surface area contributed by atoms with E-state index >= 15 is 0 Å². The number of hydrogen-bond acceptors (Lipinski definition) is 10. The van der Waals surface area contributed by atoms with Gasteiger partial charge in [-0.25, -0.2) is 9.97 Å². The van der Waals surface area contributed by atoms with Crippen LogP contribution in [0.1, 0.15) is 37.9 Å². The van der Waals surface area contributed by atoms with Crippen LogP contribution in [0.25, 0.3) is 20.8 Å². The maximum absolute atomic E-state index is 12.9. The molecule has 0 amide bonds. The van der Waals surface area contributed by atoms with Crippen molar-refractivity contribution in [1.82, 2.24) is 15.0 Å². The summed E-state index contributed by atoms with van der Waals surface area (Å²) in [5, 5.41) is 19.3. The van der Waals surface area contributed by atoms with Crippen molar-refractivity contribution in [3.63, 3.8) is 0 Å². The Bertz CT molecular complexity index is 1570. The van der Waals surface area contributed by atoms with Gasteiger partial charge in [0.2, 0.25) is 5.95 Å². The van der Waals surface area contributed by atoms with Crippen LogP contribution in [0.3, 0.4) is 0 Å². The number of aryl methyl sites for hydroxylation is 1. The number of anilines is 3. The highest BCUT2D eigenvalue weighted by atomic mass is 32.1. The molecule has 6 rings (SSSR count). The van der Waals surface area contributed by atoms with Crippen molar-refractivity contribution in [1.29, 1.82) is 0 Å². The van der Waals surface area contributed by atoms with Crippen molar-refractivity contribution in [2.24, 2.45) is 5.92 Å². The van der Waals surface area contributed by atoms with E-state index in [1.807, 2.05) is 65.2 Å². The van der Waals surface area contributed by atoms with E-state index in [0.717, 1.165) is 26.5 Å². The van der Waals surface area contributed by atoms with Gasteiger partial charge in [-0.05, 0) is 63.4 Å². The molecule has 9 nitrogen and oxygen atoms in total. The average Bonchev–Trinajstić information content (AvgIpc) is 3.17. The highest BCUT2D eigenvalue weighted by Gasteiger charge is 2.81. The Hall–Kier alpha value is -3.60. The SMILES string of the molecule is Cc1nc(NCc2cccc(N(C)C)c2)nc(NC2(O)CCC3C(=O)C32OC(C)C)c1-c1nc2ccccc2s1. The molecular weight excluding hydrogens is 524 g/mol. The lowest BCUT2D eigenvalue weighted by atomic mass is 10.0. The van der Waals surface area contributed by atoms with Crippen LogP contribution in [-0.4, -0.2) is 57.4 Å². The van der Waals surface area contributed by atoms with Gasteiger partial charge < -0.3 is 25.4 Å². The number of aliphatic hydroxyl groups is 1. The number of Topliss-reactive ketones (excluding diaryl/α,β-unsaturated/α-hetero) is 1. The summed E-state index contributed by atoms with van der Waals surface area (Å²) in [4.78, 5) is 29.5. The minimum Gasteiger partial charge on any atom is -0.378 e. The molecule has 0 aliphatic heterocycles. The number of aromatic nitrogens is 3. The summed E-state index contributed by atoms with van der Waals surface area (Å²) in [5.74, 6) is 0.460. The first-order chi connectivity index (χ1) is 19.1. The van der Waals surface area contributed by atoms with Crippen LogP contribution in [0, 0.1) is 12.8 Å². The van der Waals surface area contributed by atoms with E-state index in [1.165, 1.54) is 0 Å². The number of fused-ring (bicyclic) bond motifs is 2. The zero-order chi connectivity index (χ0) is 28.2. The topological polar surface area (TPSA) is 112 Å². The van der Waals surface area contributed by atoms with Crippen LogP contribution in [0.4, 0.5) is 17.5 Å². The Balaban J connectivity index is 1.39. The molecule has 2 fully saturated rings. The van der Waals surface area contributed by atoms with Crippen LogP contribution in [0.5, 0.6) is 0 Å². The molecule has 3 unspecified atom stereocenters. The first kappa shape index (κ1) is 26.6. The smallest absolute Gasteiger partial charge is 0.225 e. The Morgan fingerprint density at radius 3 is 2.67 bits per heavy atom. The molecule has 4 aromatic rings. The van der Waals surface area contributed by atoms with E-state index in [9.17, 15) is 9.90 Å². The number of rotatable bonds is 9. The predicted molar refractivity (Wildman–Crippen MR) is 159 cm³/mol. The summed E-state index contributed by atoms with van der Waals surface area (Å²) in [7, 11) is 4.02. The largest absolute Gasteiger partial charge is 0.378 e. The summed E-state index contributed by atoms with van der Waals surface area (Å²) in [6.45, 7) is 6.19. The molecule has 2 heterocycles. The third kappa shape index (κ3) is 4.40. The molecule has 0 bridgehead atoms. The summed E-state index contributed by atoms with van der Waals surface area (Å²) < 4.78 is 7.17. The number of ether oxygens (including phenoxy) is 1. The van der Waals surface area contributed by atoms with E-state index in [0.29, 0.717) is 42.4 Å². The maximum Gasteiger partial charge on any atom is 0.225 e. The van der Waals surface area contributed by atoms with Gasteiger partial charge in [0.25, 0.3) is 0 Å². The van der Waals surface area contributed by atoms with E-state index in [1.54, 1.807) is 11.3 Å². The van der Waals surface area contributed by atoms with Gasteiger partial charge in [-0.15, -0.1) is 11.3 Å². The second-order valence-electron chi connectivity index (χ2n) is 11.1. The predicted octanol–water partition coefficient (Wildman–Crippen LogP) is 5.00. The average molecular weight is 559 g/mol. The lowest BCUT2D eigenvalue weighted by molar-refractivity contribution is -0.146. The second kappa shape index (κ2) is 9.79. The Kier molecular flexibility index (Phi) is 6.52. The molecule has 0 saturated heterocycles. The monoisotopic (exact) mass is 558 g/mol. The number of nitrogens with one attached hydrogen (secondary N) is 2. The Labute approximate surface area is 237 Å². The van der Waals surface area contributed by atoms with Gasteiger partial charge in [0.1, 0.15) is 10.8 Å². The maximum atomic E-state index is 12.9. The van der Waals surface area contributed by atoms with E-state index in [4.69, 9.17) is 19.7 Å². The summed E-state index contributed by atoms with van der Waals surface area (Å²) in [6.07, 6.45) is 0.716. The molecule has 208 valence electrons. The fraction of sp³-hybridized carbons (Fsp3) is 0.400. The summed E-state index contributed by atoms with van der Waals surface area (Å²) in [5.41, 5.74) is 1.61. The molecule has 2 saturated carbocycles. The van der Waals surface area contributed by atoms with Gasteiger partial charge in [0, 0.05) is 26.3 Å². The van der Waals surface area contributed by atoms with Gasteiger partial charge in [-0.1, -0.05) is 24.3 Å². The van der Waals surface area contributed by atoms with Crippen molar-refractivity contribution in [2.45, 2.75) is 57.6 Å². The third-order valence-corrected chi connectivity index (χ3v) is 8.78. The van der Waals surface area contributed by atoms with Gasteiger partial charge >= 0.3 is 0 Å². The fourth-order valence-corrected chi connectivity index (χ4v) is 6.83. The van der Waals surface area contributed by atoms with Crippen LogP contribution in [-0.2, 0) is 16.1 Å². The number of benzene rings is 2. The van der Waals surface area contributed by atoms with Gasteiger partial charge in [-0.3, -0.25) is 4.79 Å². The fourth-order valence-electron chi connectivity index (χ4n) is 5.77. The molecule has 3 N–H and O–H groups in total. The van der Waals surface area contributed by atoms with Crippen molar-refractivity contribution < 1.29 is 14.6 Å². The van der Waals surface area contributed by atoms with Gasteiger partial charge in [0.05, 0.1) is 33.5 Å². The summed E-state index contributed by atoms with van der Waals surface area (Å²) >= 11 is 1.54. The molecular formula is C30H34N6O3S. The molecule has 0 spiro atoms. The lowest BCUT2D eigenvalue weighted by Crippen LogP contribution is -2.53. The number of nitrogens with zero attached hydrogens (tertiary/aromatic N) is 4. The first-order valence-electron chi connectivity index (χ1n) is 13.6. The van der Waals surface area contributed by atoms with Crippen LogP contribution >= 0.6 is 11.3 Å². The van der Waals surface area contributed by atoms with Crippen LogP contribution in [0.15, 0.2) is 48.5 Å². The van der Waals surface area contributed by atoms with Gasteiger partial charge in [-0.2, -0.15) is 4.98 Å². The second-order valence-corrected chi connectivity index (χ2v) is 12.1. The minimum atomic E-state index is -1.59. The molecule has 0 radical (unpaired) electrons. The third-order valence-electron chi connectivity index (χ3n) is 7.72. The highest BCUT2D eigenvalue weighted by Crippen LogP contribution is 2.61. The quantitative estimate of drug-likeness (QED) is 0.244. The minimum absolute atomic E-state index is 0.0612. The number of ketones is 1. The molecule has 2 aromatic heterocycles. The zero-order valence-electron chi connectivity index (χ0n) is 23.4. The first-order valence-corrected chi connectivity index (χ1v) is 14.4. The normalized spacial score (nSPS) is 23.5. The number of carbonyl (C=O) groups is 1. The van der Waals surface area contributed by atoms with Crippen LogP contribution < -0.4 is 15.5 Å². The Morgan fingerprint density at radius 2 is 1.95 bits per heavy atom. The lowest BCUT2D eigenvalue weighted by Gasteiger charge is -2.35. The molecule has 10 heteroatoms. The number of hydrogen-bond donors (Lipinski definition) is 3. The van der Waals surface area contributed by atoms with Crippen LogP contribution in [0.2, 0.25) is 0 Å². The van der Waals surface area contributed by atoms with E-state index < -0.39 is 11.3 Å². The molecule has 2 aromatic carbocycles. The molecule has 40 heavy (non-hydrogen) atoms. The van der Waals surface area contributed by atoms with Crippen molar-refractivity contribution in [3.8, 4) is 10.6 Å². The van der Waals surface area contributed by atoms with Crippen molar-refractivity contribution in [2.75, 3.05) is 29.6 Å². The number of para-hydroxylation sites is 1. The molecule has 2 aliphatic rings. The van der Waals surface area contributed by atoms with Crippen molar-refractivity contribution >= 4 is 44.8 Å². The molecule has 3 atom stereocenters. The number of thiazole rings is 1.